The standard InChI is InChI=1S/C6H8N6.C4H9F/c1-8-4-3-5(10-2-9-3)12-6(7)11-4;1-4(2)3-5/h2H,1H3,(H4,7,8,9,10,11,12);4H,3H2,1-2H3. The van der Waals surface area contributed by atoms with E-state index in [1.807, 2.05) is 13.8 Å². The number of fused-ring (bicyclic) bond motifs is 1. The molecule has 7 heteroatoms. The average molecular weight is 240 g/mol. The fraction of sp³-hybridized carbons (Fsp3) is 0.500. The molecule has 0 radical (unpaired) electrons. The number of nitrogens with zero attached hydrogens (tertiary/aromatic N) is 3. The van der Waals surface area contributed by atoms with E-state index in [-0.39, 0.29) is 18.5 Å². The molecular formula is C10H17FN6. The minimum atomic E-state index is -0.194. The predicted molar refractivity (Wildman–Crippen MR) is 66.5 cm³/mol. The Balaban J connectivity index is 0.000000249. The molecule has 0 aliphatic heterocycles. The van der Waals surface area contributed by atoms with Gasteiger partial charge in [0.2, 0.25) is 5.95 Å². The molecule has 17 heavy (non-hydrogen) atoms. The van der Waals surface area contributed by atoms with E-state index in [1.54, 1.807) is 13.4 Å². The number of nitrogens with two attached hydrogens (primary N) is 1. The number of anilines is 2. The minimum Gasteiger partial charge on any atom is -0.371 e. The summed E-state index contributed by atoms with van der Waals surface area (Å²) >= 11 is 0. The minimum absolute atomic E-state index is 0.194. The number of aromatic amines is 1. The van der Waals surface area contributed by atoms with Gasteiger partial charge in [-0.05, 0) is 5.92 Å². The second-order valence-electron chi connectivity index (χ2n) is 3.83. The highest BCUT2D eigenvalue weighted by Gasteiger charge is 2.05. The molecule has 0 saturated carbocycles. The molecule has 0 aliphatic carbocycles. The van der Waals surface area contributed by atoms with E-state index in [2.05, 4.69) is 25.3 Å². The van der Waals surface area contributed by atoms with Gasteiger partial charge in [-0.2, -0.15) is 9.97 Å². The van der Waals surface area contributed by atoms with Gasteiger partial charge in [0.05, 0.1) is 13.0 Å². The van der Waals surface area contributed by atoms with Crippen LogP contribution in [-0.4, -0.2) is 33.7 Å². The van der Waals surface area contributed by atoms with Gasteiger partial charge >= 0.3 is 0 Å². The van der Waals surface area contributed by atoms with Crippen LogP contribution in [0, 0.1) is 5.92 Å². The van der Waals surface area contributed by atoms with Crippen LogP contribution in [0.1, 0.15) is 13.8 Å². The third-order valence-electron chi connectivity index (χ3n) is 1.85. The van der Waals surface area contributed by atoms with Gasteiger partial charge in [0, 0.05) is 7.05 Å². The molecule has 0 amide bonds. The van der Waals surface area contributed by atoms with Crippen molar-refractivity contribution in [1.29, 1.82) is 0 Å². The molecule has 2 aromatic heterocycles. The average Bonchev–Trinajstić information content (AvgIpc) is 2.76. The Morgan fingerprint density at radius 1 is 1.47 bits per heavy atom. The zero-order chi connectivity index (χ0) is 12.8. The van der Waals surface area contributed by atoms with Crippen LogP contribution >= 0.6 is 0 Å². The molecule has 0 fully saturated rings. The molecule has 2 heterocycles. The van der Waals surface area contributed by atoms with Crippen molar-refractivity contribution in [2.45, 2.75) is 13.8 Å². The van der Waals surface area contributed by atoms with Crippen LogP contribution in [0.5, 0.6) is 0 Å². The fourth-order valence-corrected chi connectivity index (χ4v) is 1.03. The lowest BCUT2D eigenvalue weighted by molar-refractivity contribution is 0.404. The molecule has 0 atom stereocenters. The molecule has 4 N–H and O–H groups in total. The highest BCUT2D eigenvalue weighted by molar-refractivity contribution is 5.83. The molecule has 6 nitrogen and oxygen atoms in total. The van der Waals surface area contributed by atoms with E-state index in [9.17, 15) is 4.39 Å². The van der Waals surface area contributed by atoms with Crippen molar-refractivity contribution in [3.05, 3.63) is 6.33 Å². The first-order valence-electron chi connectivity index (χ1n) is 5.28. The number of nitrogens with one attached hydrogen (secondary N) is 2. The van der Waals surface area contributed by atoms with E-state index in [0.717, 1.165) is 5.52 Å². The Hall–Kier alpha value is -1.92. The van der Waals surface area contributed by atoms with Crippen molar-refractivity contribution >= 4 is 22.9 Å². The third-order valence-corrected chi connectivity index (χ3v) is 1.85. The van der Waals surface area contributed by atoms with Crippen LogP contribution in [0.2, 0.25) is 0 Å². The van der Waals surface area contributed by atoms with Gasteiger partial charge < -0.3 is 16.0 Å². The topological polar surface area (TPSA) is 92.5 Å². The largest absolute Gasteiger partial charge is 0.371 e. The number of hydrogen-bond acceptors (Lipinski definition) is 5. The first kappa shape index (κ1) is 13.1. The lowest BCUT2D eigenvalue weighted by Gasteiger charge is -1.99. The first-order valence-corrected chi connectivity index (χ1v) is 5.28. The quantitative estimate of drug-likeness (QED) is 0.741. The maximum absolute atomic E-state index is 11.1. The summed E-state index contributed by atoms with van der Waals surface area (Å²) in [4.78, 5) is 14.8. The van der Waals surface area contributed by atoms with Crippen molar-refractivity contribution in [1.82, 2.24) is 19.9 Å². The van der Waals surface area contributed by atoms with Gasteiger partial charge in [-0.25, -0.2) is 4.98 Å². The van der Waals surface area contributed by atoms with Crippen LogP contribution in [-0.2, 0) is 0 Å². The van der Waals surface area contributed by atoms with Crippen molar-refractivity contribution < 1.29 is 4.39 Å². The van der Waals surface area contributed by atoms with Gasteiger partial charge in [-0.1, -0.05) is 13.8 Å². The smallest absolute Gasteiger partial charge is 0.224 e. The van der Waals surface area contributed by atoms with E-state index >= 15 is 0 Å². The molecule has 0 saturated heterocycles. The van der Waals surface area contributed by atoms with Gasteiger partial charge in [0.1, 0.15) is 5.52 Å². The number of H-pyrrole nitrogens is 1. The Morgan fingerprint density at radius 2 is 2.12 bits per heavy atom. The van der Waals surface area contributed by atoms with E-state index in [4.69, 9.17) is 5.73 Å². The van der Waals surface area contributed by atoms with Gasteiger partial charge in [0.15, 0.2) is 11.5 Å². The molecular weight excluding hydrogens is 223 g/mol. The lowest BCUT2D eigenvalue weighted by atomic mass is 10.3. The van der Waals surface area contributed by atoms with Crippen molar-refractivity contribution in [2.24, 2.45) is 5.92 Å². The monoisotopic (exact) mass is 240 g/mol. The highest BCUT2D eigenvalue weighted by atomic mass is 19.1. The second kappa shape index (κ2) is 5.97. The summed E-state index contributed by atoms with van der Waals surface area (Å²) in [5, 5.41) is 2.89. The Labute approximate surface area is 98.9 Å². The zero-order valence-corrected chi connectivity index (χ0v) is 10.2. The molecule has 2 aromatic rings. The van der Waals surface area contributed by atoms with Gasteiger partial charge in [0.25, 0.3) is 0 Å². The van der Waals surface area contributed by atoms with E-state index < -0.39 is 0 Å². The second-order valence-corrected chi connectivity index (χ2v) is 3.83. The maximum atomic E-state index is 11.1. The maximum Gasteiger partial charge on any atom is 0.224 e. The molecule has 0 aliphatic rings. The summed E-state index contributed by atoms with van der Waals surface area (Å²) in [6.45, 7) is 3.50. The zero-order valence-electron chi connectivity index (χ0n) is 10.2. The van der Waals surface area contributed by atoms with E-state index in [0.29, 0.717) is 11.5 Å². The first-order chi connectivity index (χ1) is 8.08. The van der Waals surface area contributed by atoms with Crippen molar-refractivity contribution in [3.8, 4) is 0 Å². The SMILES string of the molecule is CC(C)CF.CNc1nc(N)nc2nc[nH]c12. The summed E-state index contributed by atoms with van der Waals surface area (Å²) in [5.74, 6) is 1.10. The van der Waals surface area contributed by atoms with Crippen LogP contribution < -0.4 is 11.1 Å². The highest BCUT2D eigenvalue weighted by Crippen LogP contribution is 2.15. The Bertz CT molecular complexity index is 467. The van der Waals surface area contributed by atoms with Crippen LogP contribution in [0.15, 0.2) is 6.33 Å². The summed E-state index contributed by atoms with van der Waals surface area (Å²) in [6, 6.07) is 0. The summed E-state index contributed by atoms with van der Waals surface area (Å²) in [6.07, 6.45) is 1.56. The number of hydrogen-bond donors (Lipinski definition) is 3. The molecule has 0 aromatic carbocycles. The third kappa shape index (κ3) is 3.54. The number of imidazole rings is 1. The normalized spacial score (nSPS) is 10.2. The van der Waals surface area contributed by atoms with Gasteiger partial charge in [-0.15, -0.1) is 0 Å². The number of aromatic nitrogens is 4. The Morgan fingerprint density at radius 3 is 2.65 bits per heavy atom. The van der Waals surface area contributed by atoms with Crippen LogP contribution in [0.25, 0.3) is 11.2 Å². The molecule has 2 rings (SSSR count). The van der Waals surface area contributed by atoms with E-state index in [1.165, 1.54) is 0 Å². The van der Waals surface area contributed by atoms with Gasteiger partial charge in [-0.3, -0.25) is 4.39 Å². The number of nitrogen functional groups attached to an aromatic ring is 1. The Kier molecular flexibility index (Phi) is 4.62. The molecule has 94 valence electrons. The summed E-state index contributed by atoms with van der Waals surface area (Å²) in [7, 11) is 1.77. The van der Waals surface area contributed by atoms with Crippen molar-refractivity contribution in [3.63, 3.8) is 0 Å². The lowest BCUT2D eigenvalue weighted by Crippen LogP contribution is -2.00. The molecule has 0 spiro atoms. The van der Waals surface area contributed by atoms with Crippen LogP contribution in [0.3, 0.4) is 0 Å². The molecule has 0 bridgehead atoms. The number of halogens is 1. The number of rotatable bonds is 2. The fourth-order valence-electron chi connectivity index (χ4n) is 1.03. The van der Waals surface area contributed by atoms with Crippen LogP contribution in [0.4, 0.5) is 16.2 Å². The summed E-state index contributed by atoms with van der Waals surface area (Å²) in [5.41, 5.74) is 6.79. The predicted octanol–water partition coefficient (Wildman–Crippen LogP) is 1.59. The number of alkyl halides is 1. The summed E-state index contributed by atoms with van der Waals surface area (Å²) < 4.78 is 11.1. The van der Waals surface area contributed by atoms with Crippen molar-refractivity contribution in [2.75, 3.05) is 24.8 Å². The molecule has 0 unspecified atom stereocenters.